The highest BCUT2D eigenvalue weighted by atomic mass is 79.9. The van der Waals surface area contributed by atoms with Crippen LogP contribution in [0, 0.1) is 0 Å². The number of esters is 1. The highest BCUT2D eigenvalue weighted by molar-refractivity contribution is 9.09. The highest BCUT2D eigenvalue weighted by Crippen LogP contribution is 2.04. The molecule has 1 heterocycles. The quantitative estimate of drug-likeness (QED) is 0.467. The Kier molecular flexibility index (Phi) is 3.76. The summed E-state index contributed by atoms with van der Waals surface area (Å²) in [5.41, 5.74) is 0.660. The Labute approximate surface area is 89.4 Å². The maximum Gasteiger partial charge on any atom is 0.356 e. The molecule has 5 heteroatoms. The first-order valence-electron chi connectivity index (χ1n) is 3.82. The van der Waals surface area contributed by atoms with Crippen molar-refractivity contribution in [3.8, 4) is 0 Å². The van der Waals surface area contributed by atoms with Gasteiger partial charge in [-0.1, -0.05) is 15.9 Å². The average Bonchev–Trinajstić information content (AvgIpc) is 2.27. The monoisotopic (exact) mass is 257 g/mol. The van der Waals surface area contributed by atoms with Crippen LogP contribution in [0.25, 0.3) is 0 Å². The SMILES string of the molecule is COC(=O)c1ccc(C(=O)CBr)cn1. The molecular weight excluding hydrogens is 250 g/mol. The molecule has 0 aliphatic heterocycles. The Morgan fingerprint density at radius 1 is 1.50 bits per heavy atom. The van der Waals surface area contributed by atoms with E-state index in [1.807, 2.05) is 0 Å². The van der Waals surface area contributed by atoms with E-state index in [2.05, 4.69) is 25.7 Å². The summed E-state index contributed by atoms with van der Waals surface area (Å²) in [6.07, 6.45) is 1.36. The lowest BCUT2D eigenvalue weighted by molar-refractivity contribution is 0.0593. The van der Waals surface area contributed by atoms with Crippen molar-refractivity contribution in [1.29, 1.82) is 0 Å². The number of ketones is 1. The second-order valence-electron chi connectivity index (χ2n) is 2.48. The van der Waals surface area contributed by atoms with E-state index in [1.165, 1.54) is 19.4 Å². The number of pyridine rings is 1. The lowest BCUT2D eigenvalue weighted by Gasteiger charge is -1.99. The first kappa shape index (κ1) is 10.8. The zero-order chi connectivity index (χ0) is 10.6. The fourth-order valence-corrected chi connectivity index (χ4v) is 1.19. The smallest absolute Gasteiger partial charge is 0.356 e. The molecule has 0 aliphatic carbocycles. The van der Waals surface area contributed by atoms with Gasteiger partial charge in [0.1, 0.15) is 5.69 Å². The van der Waals surface area contributed by atoms with Gasteiger partial charge in [0.25, 0.3) is 0 Å². The zero-order valence-corrected chi connectivity index (χ0v) is 9.08. The highest BCUT2D eigenvalue weighted by Gasteiger charge is 2.08. The summed E-state index contributed by atoms with van der Waals surface area (Å²) in [5.74, 6) is -0.586. The van der Waals surface area contributed by atoms with Crippen LogP contribution in [-0.2, 0) is 4.74 Å². The van der Waals surface area contributed by atoms with Gasteiger partial charge in [0.2, 0.25) is 0 Å². The summed E-state index contributed by atoms with van der Waals surface area (Å²) < 4.78 is 4.47. The van der Waals surface area contributed by atoms with Gasteiger partial charge in [-0.25, -0.2) is 9.78 Å². The van der Waals surface area contributed by atoms with Crippen molar-refractivity contribution in [2.45, 2.75) is 0 Å². The molecule has 0 radical (unpaired) electrons. The molecule has 0 saturated heterocycles. The minimum absolute atomic E-state index is 0.0751. The van der Waals surface area contributed by atoms with Gasteiger partial charge in [-0.05, 0) is 12.1 Å². The topological polar surface area (TPSA) is 56.3 Å². The second kappa shape index (κ2) is 4.85. The molecule has 0 spiro atoms. The molecule has 0 bridgehead atoms. The normalized spacial score (nSPS) is 9.57. The van der Waals surface area contributed by atoms with Gasteiger partial charge >= 0.3 is 5.97 Å². The first-order chi connectivity index (χ1) is 6.69. The molecule has 0 saturated carbocycles. The van der Waals surface area contributed by atoms with Crippen LogP contribution in [0.15, 0.2) is 18.3 Å². The van der Waals surface area contributed by atoms with Crippen molar-refractivity contribution in [1.82, 2.24) is 4.98 Å². The lowest BCUT2D eigenvalue weighted by Crippen LogP contribution is -2.06. The molecular formula is C9H8BrNO3. The molecule has 1 rings (SSSR count). The molecule has 1 aromatic rings. The van der Waals surface area contributed by atoms with Crippen LogP contribution >= 0.6 is 15.9 Å². The number of carbonyl (C=O) groups excluding carboxylic acids is 2. The van der Waals surface area contributed by atoms with Crippen LogP contribution in [0.5, 0.6) is 0 Å². The van der Waals surface area contributed by atoms with Gasteiger partial charge in [-0.2, -0.15) is 0 Å². The number of aromatic nitrogens is 1. The lowest BCUT2D eigenvalue weighted by atomic mass is 10.2. The molecule has 0 unspecified atom stereocenters. The molecule has 0 N–H and O–H groups in total. The number of hydrogen-bond acceptors (Lipinski definition) is 4. The molecule has 4 nitrogen and oxygen atoms in total. The molecule has 0 fully saturated rings. The van der Waals surface area contributed by atoms with E-state index in [0.29, 0.717) is 5.56 Å². The maximum atomic E-state index is 11.2. The molecule has 0 aromatic carbocycles. The Hall–Kier alpha value is -1.23. The van der Waals surface area contributed by atoms with E-state index in [-0.39, 0.29) is 16.8 Å². The Bertz CT molecular complexity index is 313. The number of alkyl halides is 1. The third-order valence-corrected chi connectivity index (χ3v) is 2.11. The summed E-state index contributed by atoms with van der Waals surface area (Å²) >= 11 is 3.04. The summed E-state index contributed by atoms with van der Waals surface area (Å²) in [4.78, 5) is 25.9. The van der Waals surface area contributed by atoms with E-state index < -0.39 is 5.97 Å². The average molecular weight is 258 g/mol. The van der Waals surface area contributed by atoms with Crippen molar-refractivity contribution in [3.63, 3.8) is 0 Å². The standard InChI is InChI=1S/C9H8BrNO3/c1-14-9(13)7-3-2-6(5-11-7)8(12)4-10/h2-3,5H,4H2,1H3. The Balaban J connectivity index is 2.89. The number of Topliss-reactive ketones (excluding diaryl/α,β-unsaturated/α-hetero) is 1. The van der Waals surface area contributed by atoms with Crippen LogP contribution in [0.2, 0.25) is 0 Å². The minimum atomic E-state index is -0.511. The molecule has 74 valence electrons. The van der Waals surface area contributed by atoms with Crippen molar-refractivity contribution in [2.75, 3.05) is 12.4 Å². The molecule has 14 heavy (non-hydrogen) atoms. The largest absolute Gasteiger partial charge is 0.464 e. The van der Waals surface area contributed by atoms with E-state index in [4.69, 9.17) is 0 Å². The van der Waals surface area contributed by atoms with Crippen molar-refractivity contribution in [3.05, 3.63) is 29.6 Å². The summed E-state index contributed by atoms with van der Waals surface area (Å²) in [6.45, 7) is 0. The van der Waals surface area contributed by atoms with Gasteiger partial charge in [-0.3, -0.25) is 4.79 Å². The summed E-state index contributed by atoms with van der Waals surface area (Å²) in [6, 6.07) is 3.00. The van der Waals surface area contributed by atoms with Crippen LogP contribution in [-0.4, -0.2) is 29.2 Å². The van der Waals surface area contributed by atoms with Gasteiger partial charge in [0.15, 0.2) is 5.78 Å². The number of nitrogens with zero attached hydrogens (tertiary/aromatic N) is 1. The van der Waals surface area contributed by atoms with E-state index in [1.54, 1.807) is 6.07 Å². The number of halogens is 1. The summed E-state index contributed by atoms with van der Waals surface area (Å²) in [5, 5.41) is 0.242. The van der Waals surface area contributed by atoms with Crippen LogP contribution in [0.1, 0.15) is 20.8 Å². The number of methoxy groups -OCH3 is 1. The van der Waals surface area contributed by atoms with E-state index in [0.717, 1.165) is 0 Å². The summed E-state index contributed by atoms with van der Waals surface area (Å²) in [7, 11) is 1.28. The third-order valence-electron chi connectivity index (χ3n) is 1.60. The van der Waals surface area contributed by atoms with E-state index >= 15 is 0 Å². The zero-order valence-electron chi connectivity index (χ0n) is 7.49. The van der Waals surface area contributed by atoms with Crippen molar-refractivity contribution < 1.29 is 14.3 Å². The predicted octanol–water partition coefficient (Wildman–Crippen LogP) is 1.45. The number of rotatable bonds is 3. The first-order valence-corrected chi connectivity index (χ1v) is 4.94. The van der Waals surface area contributed by atoms with Crippen LogP contribution in [0.4, 0.5) is 0 Å². The van der Waals surface area contributed by atoms with Crippen LogP contribution in [0.3, 0.4) is 0 Å². The van der Waals surface area contributed by atoms with Gasteiger partial charge in [-0.15, -0.1) is 0 Å². The number of hydrogen-bond donors (Lipinski definition) is 0. The number of ether oxygens (including phenoxy) is 1. The van der Waals surface area contributed by atoms with Gasteiger partial charge in [0.05, 0.1) is 12.4 Å². The Morgan fingerprint density at radius 2 is 2.21 bits per heavy atom. The van der Waals surface area contributed by atoms with Gasteiger partial charge < -0.3 is 4.74 Å². The predicted molar refractivity (Wildman–Crippen MR) is 53.7 cm³/mol. The van der Waals surface area contributed by atoms with Crippen LogP contribution < -0.4 is 0 Å². The molecule has 0 amide bonds. The second-order valence-corrected chi connectivity index (χ2v) is 3.04. The minimum Gasteiger partial charge on any atom is -0.464 e. The molecule has 0 atom stereocenters. The van der Waals surface area contributed by atoms with Gasteiger partial charge in [0, 0.05) is 11.8 Å². The fraction of sp³-hybridized carbons (Fsp3) is 0.222. The number of carbonyl (C=O) groups is 2. The molecule has 1 aromatic heterocycles. The maximum absolute atomic E-state index is 11.2. The third kappa shape index (κ3) is 2.38. The fourth-order valence-electron chi connectivity index (χ4n) is 0.861. The molecule has 0 aliphatic rings. The van der Waals surface area contributed by atoms with E-state index in [9.17, 15) is 9.59 Å². The Morgan fingerprint density at radius 3 is 2.64 bits per heavy atom. The van der Waals surface area contributed by atoms with Crippen molar-refractivity contribution in [2.24, 2.45) is 0 Å². The van der Waals surface area contributed by atoms with Crippen molar-refractivity contribution >= 4 is 27.7 Å².